The van der Waals surface area contributed by atoms with E-state index >= 15 is 0 Å². The number of rotatable bonds is 10. The molecular weight excluding hydrogens is 386 g/mol. The first-order valence-electron chi connectivity index (χ1n) is 9.87. The lowest BCUT2D eigenvalue weighted by atomic mass is 10.1. The first kappa shape index (κ1) is 21.3. The summed E-state index contributed by atoms with van der Waals surface area (Å²) in [6, 6.07) is 13.1. The summed E-state index contributed by atoms with van der Waals surface area (Å²) in [5.74, 6) is 1.67. The van der Waals surface area contributed by atoms with Crippen molar-refractivity contribution in [3.05, 3.63) is 48.0 Å². The number of carbonyl (C=O) groups is 2. The highest BCUT2D eigenvalue weighted by Gasteiger charge is 2.14. The number of nitrogens with two attached hydrogens (primary N) is 1. The number of nitrogens with zero attached hydrogens (tertiary/aromatic N) is 1. The van der Waals surface area contributed by atoms with Crippen LogP contribution in [0.5, 0.6) is 17.2 Å². The van der Waals surface area contributed by atoms with Gasteiger partial charge in [-0.15, -0.1) is 0 Å². The van der Waals surface area contributed by atoms with Crippen LogP contribution in [0.25, 0.3) is 0 Å². The molecule has 3 N–H and O–H groups in total. The van der Waals surface area contributed by atoms with Crippen LogP contribution in [0.4, 0.5) is 5.69 Å². The number of amides is 2. The molecule has 1 heterocycles. The number of benzene rings is 2. The van der Waals surface area contributed by atoms with E-state index in [1.807, 2.05) is 47.4 Å². The fourth-order valence-electron chi connectivity index (χ4n) is 3.16. The summed E-state index contributed by atoms with van der Waals surface area (Å²) < 4.78 is 16.3. The number of fused-ring (bicyclic) bond motifs is 1. The molecule has 0 aliphatic carbocycles. The lowest BCUT2D eigenvalue weighted by Gasteiger charge is -2.24. The molecule has 0 bridgehead atoms. The van der Waals surface area contributed by atoms with Gasteiger partial charge in [-0.25, -0.2) is 0 Å². The molecule has 1 aliphatic heterocycles. The van der Waals surface area contributed by atoms with Gasteiger partial charge in [-0.05, 0) is 48.4 Å². The van der Waals surface area contributed by atoms with Crippen molar-refractivity contribution in [2.75, 3.05) is 44.9 Å². The standard InChI is InChI=1S/C22H27N3O5/c1-28-18-5-3-17(4-6-18)25(11-9-21(23)26)15-22(27)24-10-8-16-2-7-19-20(14-16)30-13-12-29-19/h2-7,14H,8-13,15H2,1H3,(H2,23,26)(H,24,27). The second-order valence-electron chi connectivity index (χ2n) is 6.91. The molecule has 3 rings (SSSR count). The van der Waals surface area contributed by atoms with Crippen LogP contribution in [0.15, 0.2) is 42.5 Å². The summed E-state index contributed by atoms with van der Waals surface area (Å²) in [6.07, 6.45) is 0.836. The molecule has 0 spiro atoms. The zero-order valence-corrected chi connectivity index (χ0v) is 17.1. The zero-order valence-electron chi connectivity index (χ0n) is 17.1. The monoisotopic (exact) mass is 413 g/mol. The van der Waals surface area contributed by atoms with E-state index < -0.39 is 5.91 Å². The molecule has 30 heavy (non-hydrogen) atoms. The molecule has 1 aliphatic rings. The van der Waals surface area contributed by atoms with Crippen molar-refractivity contribution in [1.82, 2.24) is 5.32 Å². The lowest BCUT2D eigenvalue weighted by molar-refractivity contribution is -0.120. The van der Waals surface area contributed by atoms with Crippen molar-refractivity contribution in [2.24, 2.45) is 5.73 Å². The van der Waals surface area contributed by atoms with Gasteiger partial charge in [0.2, 0.25) is 11.8 Å². The first-order valence-corrected chi connectivity index (χ1v) is 9.87. The van der Waals surface area contributed by atoms with Gasteiger partial charge in [0, 0.05) is 25.2 Å². The van der Waals surface area contributed by atoms with Crippen LogP contribution in [0.1, 0.15) is 12.0 Å². The minimum Gasteiger partial charge on any atom is -0.497 e. The number of ether oxygens (including phenoxy) is 3. The van der Waals surface area contributed by atoms with E-state index in [9.17, 15) is 9.59 Å². The zero-order chi connectivity index (χ0) is 21.3. The van der Waals surface area contributed by atoms with Gasteiger partial charge in [-0.2, -0.15) is 0 Å². The number of hydrogen-bond donors (Lipinski definition) is 2. The molecule has 0 saturated heterocycles. The van der Waals surface area contributed by atoms with E-state index in [0.717, 1.165) is 28.5 Å². The summed E-state index contributed by atoms with van der Waals surface area (Å²) >= 11 is 0. The Bertz CT molecular complexity index is 870. The third-order valence-electron chi connectivity index (χ3n) is 4.74. The maximum atomic E-state index is 12.5. The van der Waals surface area contributed by atoms with Crippen molar-refractivity contribution in [2.45, 2.75) is 12.8 Å². The molecule has 0 radical (unpaired) electrons. The number of carbonyl (C=O) groups excluding carboxylic acids is 2. The van der Waals surface area contributed by atoms with Gasteiger partial charge in [-0.3, -0.25) is 9.59 Å². The first-order chi connectivity index (χ1) is 14.5. The molecular formula is C22H27N3O5. The van der Waals surface area contributed by atoms with Crippen LogP contribution in [0.3, 0.4) is 0 Å². The van der Waals surface area contributed by atoms with Crippen LogP contribution < -0.4 is 30.2 Å². The summed E-state index contributed by atoms with van der Waals surface area (Å²) in [4.78, 5) is 25.5. The summed E-state index contributed by atoms with van der Waals surface area (Å²) in [5.41, 5.74) is 7.16. The quantitative estimate of drug-likeness (QED) is 0.612. The molecule has 0 fully saturated rings. The fraction of sp³-hybridized carbons (Fsp3) is 0.364. The van der Waals surface area contributed by atoms with Crippen LogP contribution in [0, 0.1) is 0 Å². The molecule has 2 amide bonds. The largest absolute Gasteiger partial charge is 0.497 e. The smallest absolute Gasteiger partial charge is 0.239 e. The topological polar surface area (TPSA) is 103 Å². The van der Waals surface area contributed by atoms with Crippen molar-refractivity contribution >= 4 is 17.5 Å². The minimum atomic E-state index is -0.410. The van der Waals surface area contributed by atoms with Crippen LogP contribution >= 0.6 is 0 Å². The third-order valence-corrected chi connectivity index (χ3v) is 4.74. The average Bonchev–Trinajstić information content (AvgIpc) is 2.76. The molecule has 0 aromatic heterocycles. The molecule has 2 aromatic rings. The number of nitrogens with one attached hydrogen (secondary N) is 1. The fourth-order valence-corrected chi connectivity index (χ4v) is 3.16. The van der Waals surface area contributed by atoms with Crippen LogP contribution in [-0.2, 0) is 16.0 Å². The van der Waals surface area contributed by atoms with Gasteiger partial charge in [-0.1, -0.05) is 6.07 Å². The molecule has 0 unspecified atom stereocenters. The predicted molar refractivity (Wildman–Crippen MR) is 113 cm³/mol. The second-order valence-corrected chi connectivity index (χ2v) is 6.91. The van der Waals surface area contributed by atoms with Crippen LogP contribution in [-0.4, -0.2) is 51.8 Å². The number of hydrogen-bond acceptors (Lipinski definition) is 6. The van der Waals surface area contributed by atoms with E-state index in [2.05, 4.69) is 5.32 Å². The minimum absolute atomic E-state index is 0.126. The second kappa shape index (κ2) is 10.4. The molecule has 0 atom stereocenters. The Labute approximate surface area is 175 Å². The molecule has 8 nitrogen and oxygen atoms in total. The van der Waals surface area contributed by atoms with Gasteiger partial charge in [0.25, 0.3) is 0 Å². The Morgan fingerprint density at radius 1 is 1.10 bits per heavy atom. The van der Waals surface area contributed by atoms with Crippen molar-refractivity contribution < 1.29 is 23.8 Å². The molecule has 8 heteroatoms. The SMILES string of the molecule is COc1ccc(N(CCC(N)=O)CC(=O)NCCc2ccc3c(c2)OCCO3)cc1. The predicted octanol–water partition coefficient (Wildman–Crippen LogP) is 1.51. The van der Waals surface area contributed by atoms with Crippen molar-refractivity contribution in [3.8, 4) is 17.2 Å². The van der Waals surface area contributed by atoms with E-state index in [0.29, 0.717) is 32.7 Å². The van der Waals surface area contributed by atoms with Gasteiger partial charge in [0.05, 0.1) is 13.7 Å². The summed E-state index contributed by atoms with van der Waals surface area (Å²) in [5, 5.41) is 2.93. The number of anilines is 1. The average molecular weight is 413 g/mol. The highest BCUT2D eigenvalue weighted by molar-refractivity contribution is 5.82. The molecule has 160 valence electrons. The van der Waals surface area contributed by atoms with Gasteiger partial charge in [0.1, 0.15) is 19.0 Å². The Kier molecular flexibility index (Phi) is 7.37. The van der Waals surface area contributed by atoms with Crippen molar-refractivity contribution in [3.63, 3.8) is 0 Å². The Hall–Kier alpha value is -3.42. The lowest BCUT2D eigenvalue weighted by Crippen LogP contribution is -2.39. The third kappa shape index (κ3) is 6.04. The maximum absolute atomic E-state index is 12.5. The highest BCUT2D eigenvalue weighted by atomic mass is 16.6. The van der Waals surface area contributed by atoms with Gasteiger partial charge < -0.3 is 30.2 Å². The number of methoxy groups -OCH3 is 1. The Morgan fingerprint density at radius 2 is 1.83 bits per heavy atom. The van der Waals surface area contributed by atoms with E-state index in [1.165, 1.54) is 0 Å². The highest BCUT2D eigenvalue weighted by Crippen LogP contribution is 2.30. The van der Waals surface area contributed by atoms with Gasteiger partial charge in [0.15, 0.2) is 11.5 Å². The summed E-state index contributed by atoms with van der Waals surface area (Å²) in [6.45, 7) is 2.07. The maximum Gasteiger partial charge on any atom is 0.239 e. The number of primary amides is 1. The van der Waals surface area contributed by atoms with E-state index in [4.69, 9.17) is 19.9 Å². The summed E-state index contributed by atoms with van der Waals surface area (Å²) in [7, 11) is 1.59. The Balaban J connectivity index is 1.53. The normalized spacial score (nSPS) is 12.2. The molecule has 0 saturated carbocycles. The van der Waals surface area contributed by atoms with Crippen molar-refractivity contribution in [1.29, 1.82) is 0 Å². The van der Waals surface area contributed by atoms with Gasteiger partial charge >= 0.3 is 0 Å². The molecule has 2 aromatic carbocycles. The van der Waals surface area contributed by atoms with E-state index in [-0.39, 0.29) is 18.9 Å². The Morgan fingerprint density at radius 3 is 2.53 bits per heavy atom. The van der Waals surface area contributed by atoms with E-state index in [1.54, 1.807) is 7.11 Å². The van der Waals surface area contributed by atoms with Crippen LogP contribution in [0.2, 0.25) is 0 Å².